The fraction of sp³-hybridized carbons (Fsp3) is 0.357. The molecule has 0 aliphatic heterocycles. The minimum absolute atomic E-state index is 0.0538. The molecule has 0 radical (unpaired) electrons. The molecule has 0 amide bonds. The first kappa shape index (κ1) is 17.1. The van der Waals surface area contributed by atoms with Crippen molar-refractivity contribution in [3.8, 4) is 17.9 Å². The maximum Gasteiger partial charge on any atom is 0.243 e. The van der Waals surface area contributed by atoms with Gasteiger partial charge in [0.15, 0.2) is 0 Å². The fourth-order valence-corrected chi connectivity index (χ4v) is 2.94. The van der Waals surface area contributed by atoms with E-state index in [0.29, 0.717) is 0 Å². The van der Waals surface area contributed by atoms with Gasteiger partial charge < -0.3 is 5.73 Å². The van der Waals surface area contributed by atoms with Gasteiger partial charge in [0.1, 0.15) is 5.82 Å². The summed E-state index contributed by atoms with van der Waals surface area (Å²) >= 11 is 0. The van der Waals surface area contributed by atoms with Gasteiger partial charge in [-0.3, -0.25) is 0 Å². The largest absolute Gasteiger partial charge is 0.320 e. The van der Waals surface area contributed by atoms with Gasteiger partial charge in [-0.05, 0) is 25.1 Å². The highest BCUT2D eigenvalue weighted by molar-refractivity contribution is 7.89. The van der Waals surface area contributed by atoms with Crippen LogP contribution in [-0.4, -0.2) is 32.4 Å². The van der Waals surface area contributed by atoms with E-state index < -0.39 is 21.9 Å². The van der Waals surface area contributed by atoms with Gasteiger partial charge in [0.25, 0.3) is 0 Å². The smallest absolute Gasteiger partial charge is 0.243 e. The second-order valence-corrected chi connectivity index (χ2v) is 6.38. The van der Waals surface area contributed by atoms with E-state index in [-0.39, 0.29) is 23.4 Å². The van der Waals surface area contributed by atoms with Gasteiger partial charge in [0.05, 0.1) is 29.5 Å². The average molecular weight is 309 g/mol. The molecule has 0 fully saturated rings. The summed E-state index contributed by atoms with van der Waals surface area (Å²) < 4.78 is 39.5. The molecule has 1 aromatic rings. The zero-order chi connectivity index (χ0) is 16.0. The highest BCUT2D eigenvalue weighted by Gasteiger charge is 2.25. The lowest BCUT2D eigenvalue weighted by molar-refractivity contribution is 0.393. The number of nitriles is 1. The predicted molar refractivity (Wildman–Crippen MR) is 77.0 cm³/mol. The molecule has 0 bridgehead atoms. The first-order valence-electron chi connectivity index (χ1n) is 6.18. The molecule has 2 N–H and O–H groups in total. The van der Waals surface area contributed by atoms with Crippen LogP contribution in [-0.2, 0) is 10.0 Å². The molecule has 112 valence electrons. The summed E-state index contributed by atoms with van der Waals surface area (Å²) in [5.41, 5.74) is 5.29. The SMILES string of the molecule is CC(CC#N)N(C)S(=O)(=O)c1ccc(C#CCN)c(F)c1. The molecule has 0 aliphatic carbocycles. The van der Waals surface area contributed by atoms with E-state index in [4.69, 9.17) is 11.0 Å². The van der Waals surface area contributed by atoms with E-state index in [1.165, 1.54) is 19.2 Å². The van der Waals surface area contributed by atoms with Crippen molar-refractivity contribution < 1.29 is 12.8 Å². The standard InChI is InChI=1S/C14H16FN3O2S/c1-11(7-9-17)18(2)21(19,20)13-6-5-12(4-3-8-16)14(15)10-13/h5-6,10-11H,7-8,16H2,1-2H3. The number of benzene rings is 1. The first-order chi connectivity index (χ1) is 9.84. The molecular weight excluding hydrogens is 293 g/mol. The molecule has 7 heteroatoms. The van der Waals surface area contributed by atoms with E-state index in [1.54, 1.807) is 6.92 Å². The Labute approximate surface area is 124 Å². The van der Waals surface area contributed by atoms with Crippen molar-refractivity contribution in [3.05, 3.63) is 29.6 Å². The lowest BCUT2D eigenvalue weighted by Gasteiger charge is -2.22. The van der Waals surface area contributed by atoms with Gasteiger partial charge in [-0.2, -0.15) is 9.57 Å². The van der Waals surface area contributed by atoms with Crippen LogP contribution in [0.25, 0.3) is 0 Å². The van der Waals surface area contributed by atoms with E-state index in [2.05, 4.69) is 11.8 Å². The Kier molecular flexibility index (Phi) is 5.86. The summed E-state index contributed by atoms with van der Waals surface area (Å²) in [5.74, 6) is 4.30. The lowest BCUT2D eigenvalue weighted by Crippen LogP contribution is -2.34. The van der Waals surface area contributed by atoms with E-state index in [9.17, 15) is 12.8 Å². The van der Waals surface area contributed by atoms with Crippen LogP contribution in [0.1, 0.15) is 18.9 Å². The van der Waals surface area contributed by atoms with Gasteiger partial charge in [-0.1, -0.05) is 11.8 Å². The third-order valence-corrected chi connectivity index (χ3v) is 4.92. The molecule has 0 heterocycles. The van der Waals surface area contributed by atoms with Crippen LogP contribution < -0.4 is 5.73 Å². The number of hydrogen-bond acceptors (Lipinski definition) is 4. The highest BCUT2D eigenvalue weighted by Crippen LogP contribution is 2.20. The molecule has 1 unspecified atom stereocenters. The van der Waals surface area contributed by atoms with Crippen LogP contribution >= 0.6 is 0 Å². The Morgan fingerprint density at radius 3 is 2.67 bits per heavy atom. The minimum Gasteiger partial charge on any atom is -0.320 e. The zero-order valence-corrected chi connectivity index (χ0v) is 12.6. The van der Waals surface area contributed by atoms with E-state index >= 15 is 0 Å². The summed E-state index contributed by atoms with van der Waals surface area (Å²) in [6, 6.07) is 4.91. The Balaban J connectivity index is 3.16. The third kappa shape index (κ3) is 4.02. The van der Waals surface area contributed by atoms with Crippen molar-refractivity contribution in [3.63, 3.8) is 0 Å². The highest BCUT2D eigenvalue weighted by atomic mass is 32.2. The van der Waals surface area contributed by atoms with Crippen molar-refractivity contribution in [2.75, 3.05) is 13.6 Å². The van der Waals surface area contributed by atoms with Gasteiger partial charge in [0.2, 0.25) is 10.0 Å². The molecule has 0 saturated carbocycles. The van der Waals surface area contributed by atoms with Crippen LogP contribution in [0, 0.1) is 29.0 Å². The number of hydrogen-bond donors (Lipinski definition) is 1. The normalized spacial score (nSPS) is 12.4. The van der Waals surface area contributed by atoms with Crippen molar-refractivity contribution in [2.45, 2.75) is 24.3 Å². The quantitative estimate of drug-likeness (QED) is 0.842. The van der Waals surface area contributed by atoms with Crippen molar-refractivity contribution in [1.29, 1.82) is 5.26 Å². The number of sulfonamides is 1. The fourth-order valence-electron chi connectivity index (χ4n) is 1.57. The van der Waals surface area contributed by atoms with Crippen LogP contribution in [0.15, 0.2) is 23.1 Å². The number of nitrogens with zero attached hydrogens (tertiary/aromatic N) is 2. The first-order valence-corrected chi connectivity index (χ1v) is 7.62. The Morgan fingerprint density at radius 2 is 2.14 bits per heavy atom. The molecular formula is C14H16FN3O2S. The maximum absolute atomic E-state index is 13.8. The average Bonchev–Trinajstić information content (AvgIpc) is 2.45. The van der Waals surface area contributed by atoms with Gasteiger partial charge in [-0.25, -0.2) is 12.8 Å². The molecule has 21 heavy (non-hydrogen) atoms. The molecule has 0 saturated heterocycles. The predicted octanol–water partition coefficient (Wildman–Crippen LogP) is 1.06. The molecule has 0 aliphatic rings. The summed E-state index contributed by atoms with van der Waals surface area (Å²) in [6.45, 7) is 1.70. The molecule has 1 aromatic carbocycles. The van der Waals surface area contributed by atoms with Crippen molar-refractivity contribution >= 4 is 10.0 Å². The Morgan fingerprint density at radius 1 is 1.48 bits per heavy atom. The van der Waals surface area contributed by atoms with Crippen LogP contribution in [0.2, 0.25) is 0 Å². The van der Waals surface area contributed by atoms with Gasteiger partial charge in [0, 0.05) is 13.1 Å². The molecule has 5 nitrogen and oxygen atoms in total. The topological polar surface area (TPSA) is 87.2 Å². The monoisotopic (exact) mass is 309 g/mol. The third-order valence-electron chi connectivity index (χ3n) is 2.95. The van der Waals surface area contributed by atoms with Crippen molar-refractivity contribution in [2.24, 2.45) is 5.73 Å². The molecule has 0 spiro atoms. The lowest BCUT2D eigenvalue weighted by atomic mass is 10.2. The molecule has 0 aromatic heterocycles. The molecule has 1 rings (SSSR count). The van der Waals surface area contributed by atoms with Crippen molar-refractivity contribution in [1.82, 2.24) is 4.31 Å². The second kappa shape index (κ2) is 7.19. The van der Waals surface area contributed by atoms with Gasteiger partial charge >= 0.3 is 0 Å². The van der Waals surface area contributed by atoms with Crippen LogP contribution in [0.3, 0.4) is 0 Å². The summed E-state index contributed by atoms with van der Waals surface area (Å²) in [4.78, 5) is -0.175. The number of rotatable bonds is 4. The Hall–Kier alpha value is -1.93. The Bertz CT molecular complexity index is 714. The van der Waals surface area contributed by atoms with E-state index in [1.807, 2.05) is 6.07 Å². The zero-order valence-electron chi connectivity index (χ0n) is 11.8. The van der Waals surface area contributed by atoms with Gasteiger partial charge in [-0.15, -0.1) is 0 Å². The van der Waals surface area contributed by atoms with E-state index in [0.717, 1.165) is 10.4 Å². The number of halogens is 1. The summed E-state index contributed by atoms with van der Waals surface area (Å²) in [7, 11) is -2.49. The van der Waals surface area contributed by atoms with Crippen LogP contribution in [0.4, 0.5) is 4.39 Å². The van der Waals surface area contributed by atoms with Crippen LogP contribution in [0.5, 0.6) is 0 Å². The maximum atomic E-state index is 13.8. The summed E-state index contributed by atoms with van der Waals surface area (Å²) in [5, 5.41) is 8.63. The molecule has 1 atom stereocenters. The minimum atomic E-state index is -3.85. The summed E-state index contributed by atoms with van der Waals surface area (Å²) in [6.07, 6.45) is 0.0538. The second-order valence-electron chi connectivity index (χ2n) is 4.38. The number of nitrogens with two attached hydrogens (primary N) is 1.